The van der Waals surface area contributed by atoms with Gasteiger partial charge in [-0.3, -0.25) is 4.90 Å². The van der Waals surface area contributed by atoms with Crippen molar-refractivity contribution >= 4 is 5.82 Å². The van der Waals surface area contributed by atoms with Crippen LogP contribution in [0.5, 0.6) is 5.75 Å². The lowest BCUT2D eigenvalue weighted by molar-refractivity contribution is -0.141. The molecule has 2 heterocycles. The highest BCUT2D eigenvalue weighted by atomic mass is 19.4. The molecular weight excluding hydrogens is 422 g/mol. The van der Waals surface area contributed by atoms with E-state index in [4.69, 9.17) is 10.5 Å². The topological polar surface area (TPSA) is 51.4 Å². The van der Waals surface area contributed by atoms with Crippen molar-refractivity contribution in [3.63, 3.8) is 0 Å². The predicted molar refractivity (Wildman–Crippen MR) is 114 cm³/mol. The zero-order valence-electron chi connectivity index (χ0n) is 17.3. The van der Waals surface area contributed by atoms with Crippen LogP contribution in [0.2, 0.25) is 0 Å². The van der Waals surface area contributed by atoms with Crippen LogP contribution in [0.1, 0.15) is 29.5 Å². The summed E-state index contributed by atoms with van der Waals surface area (Å²) in [5.74, 6) is -1.15. The van der Waals surface area contributed by atoms with E-state index < -0.39 is 24.2 Å². The summed E-state index contributed by atoms with van der Waals surface area (Å²) < 4.78 is 59.0. The number of halogens is 4. The van der Waals surface area contributed by atoms with Gasteiger partial charge in [0.1, 0.15) is 12.4 Å². The fraction of sp³-hybridized carbons (Fsp3) is 0.292. The molecule has 4 nitrogen and oxygen atoms in total. The molecule has 0 aliphatic carbocycles. The van der Waals surface area contributed by atoms with Gasteiger partial charge in [0.2, 0.25) is 0 Å². The summed E-state index contributed by atoms with van der Waals surface area (Å²) >= 11 is 0. The van der Waals surface area contributed by atoms with E-state index in [9.17, 15) is 17.6 Å². The number of likely N-dealkylation sites (tertiary alicyclic amines) is 1. The number of ether oxygens (including phenoxy) is 1. The standard InChI is InChI=1S/C24H23F4N3O/c25-20-5-3-4-18(22(20)24(26,27)28)15-32-21-12-19(13-30-23(21)29)17-8-6-16(7-9-17)14-31-10-1-2-11-31/h3-9,12-13H,1-2,10-11,14-15H2,(H2,29,30). The maximum atomic E-state index is 13.8. The Hall–Kier alpha value is -3.13. The highest BCUT2D eigenvalue weighted by molar-refractivity contribution is 5.67. The Kier molecular flexibility index (Phi) is 6.32. The Morgan fingerprint density at radius 3 is 2.41 bits per heavy atom. The van der Waals surface area contributed by atoms with Crippen molar-refractivity contribution in [1.82, 2.24) is 9.88 Å². The summed E-state index contributed by atoms with van der Waals surface area (Å²) in [6.45, 7) is 2.65. The molecule has 3 aromatic rings. The minimum Gasteiger partial charge on any atom is -0.485 e. The van der Waals surface area contributed by atoms with Crippen molar-refractivity contribution < 1.29 is 22.3 Å². The van der Waals surface area contributed by atoms with Crippen LogP contribution in [-0.4, -0.2) is 23.0 Å². The summed E-state index contributed by atoms with van der Waals surface area (Å²) in [7, 11) is 0. The lowest BCUT2D eigenvalue weighted by Gasteiger charge is -2.16. The second kappa shape index (κ2) is 9.16. The van der Waals surface area contributed by atoms with E-state index in [0.717, 1.165) is 36.8 Å². The van der Waals surface area contributed by atoms with Gasteiger partial charge in [-0.1, -0.05) is 36.4 Å². The van der Waals surface area contributed by atoms with E-state index in [1.807, 2.05) is 24.3 Å². The lowest BCUT2D eigenvalue weighted by atomic mass is 10.0. The summed E-state index contributed by atoms with van der Waals surface area (Å²) in [6.07, 6.45) is -0.774. The van der Waals surface area contributed by atoms with Crippen molar-refractivity contribution in [2.75, 3.05) is 18.8 Å². The molecule has 1 aliphatic rings. The van der Waals surface area contributed by atoms with Crippen LogP contribution in [-0.2, 0) is 19.3 Å². The molecule has 0 bridgehead atoms. The van der Waals surface area contributed by atoms with Gasteiger partial charge in [0, 0.05) is 23.9 Å². The number of hydrogen-bond acceptors (Lipinski definition) is 4. The van der Waals surface area contributed by atoms with Gasteiger partial charge in [-0.05, 0) is 49.2 Å². The van der Waals surface area contributed by atoms with E-state index in [2.05, 4.69) is 9.88 Å². The molecule has 1 aromatic heterocycles. The molecule has 0 spiro atoms. The molecule has 0 amide bonds. The molecule has 1 fully saturated rings. The zero-order valence-corrected chi connectivity index (χ0v) is 17.3. The number of anilines is 1. The molecule has 2 N–H and O–H groups in total. The molecule has 32 heavy (non-hydrogen) atoms. The van der Waals surface area contributed by atoms with Crippen LogP contribution in [0.4, 0.5) is 23.4 Å². The maximum Gasteiger partial charge on any atom is 0.419 e. The number of hydrogen-bond donors (Lipinski definition) is 1. The zero-order chi connectivity index (χ0) is 22.7. The normalized spacial score (nSPS) is 14.6. The van der Waals surface area contributed by atoms with Gasteiger partial charge in [-0.25, -0.2) is 9.37 Å². The number of alkyl halides is 3. The summed E-state index contributed by atoms with van der Waals surface area (Å²) in [5, 5.41) is 0. The third-order valence-electron chi connectivity index (χ3n) is 5.54. The largest absolute Gasteiger partial charge is 0.485 e. The van der Waals surface area contributed by atoms with Gasteiger partial charge in [0.05, 0.1) is 5.56 Å². The van der Waals surface area contributed by atoms with Crippen LogP contribution in [0.25, 0.3) is 11.1 Å². The van der Waals surface area contributed by atoms with Crippen molar-refractivity contribution in [3.05, 3.63) is 77.2 Å². The average Bonchev–Trinajstić information content (AvgIpc) is 3.26. The van der Waals surface area contributed by atoms with Gasteiger partial charge >= 0.3 is 6.18 Å². The number of aromatic nitrogens is 1. The SMILES string of the molecule is Nc1ncc(-c2ccc(CN3CCCC3)cc2)cc1OCc1cccc(F)c1C(F)(F)F. The van der Waals surface area contributed by atoms with E-state index in [0.29, 0.717) is 0 Å². The third-order valence-corrected chi connectivity index (χ3v) is 5.54. The summed E-state index contributed by atoms with van der Waals surface area (Å²) in [5.41, 5.74) is 7.03. The number of nitrogen functional groups attached to an aromatic ring is 1. The number of nitrogens with zero attached hydrogens (tertiary/aromatic N) is 2. The monoisotopic (exact) mass is 445 g/mol. The van der Waals surface area contributed by atoms with E-state index in [1.54, 1.807) is 12.3 Å². The Balaban J connectivity index is 1.51. The molecular formula is C24H23F4N3O. The average molecular weight is 445 g/mol. The smallest absolute Gasteiger partial charge is 0.419 e. The third kappa shape index (κ3) is 5.02. The molecule has 1 saturated heterocycles. The van der Waals surface area contributed by atoms with Crippen LogP contribution in [0.3, 0.4) is 0 Å². The van der Waals surface area contributed by atoms with Gasteiger partial charge in [0.15, 0.2) is 11.6 Å². The van der Waals surface area contributed by atoms with Gasteiger partial charge in [-0.2, -0.15) is 13.2 Å². The molecule has 0 radical (unpaired) electrons. The second-order valence-electron chi connectivity index (χ2n) is 7.85. The Labute approximate surface area is 183 Å². The van der Waals surface area contributed by atoms with Crippen LogP contribution in [0, 0.1) is 5.82 Å². The fourth-order valence-corrected chi connectivity index (χ4v) is 3.89. The van der Waals surface area contributed by atoms with E-state index in [-0.39, 0.29) is 17.1 Å². The molecule has 0 saturated carbocycles. The highest BCUT2D eigenvalue weighted by Gasteiger charge is 2.36. The molecule has 4 rings (SSSR count). The number of nitrogens with two attached hydrogens (primary N) is 1. The minimum absolute atomic E-state index is 0.0457. The van der Waals surface area contributed by atoms with E-state index >= 15 is 0 Å². The minimum atomic E-state index is -4.83. The Bertz CT molecular complexity index is 1080. The van der Waals surface area contributed by atoms with Gasteiger partial charge in [-0.15, -0.1) is 0 Å². The number of rotatable bonds is 6. The van der Waals surface area contributed by atoms with Gasteiger partial charge < -0.3 is 10.5 Å². The summed E-state index contributed by atoms with van der Waals surface area (Å²) in [6, 6.07) is 12.8. The molecule has 8 heteroatoms. The maximum absolute atomic E-state index is 13.8. The predicted octanol–water partition coefficient (Wildman–Crippen LogP) is 5.66. The first kappa shape index (κ1) is 22.1. The van der Waals surface area contributed by atoms with Crippen molar-refractivity contribution in [1.29, 1.82) is 0 Å². The number of benzene rings is 2. The van der Waals surface area contributed by atoms with Crippen LogP contribution >= 0.6 is 0 Å². The van der Waals surface area contributed by atoms with Crippen LogP contribution < -0.4 is 10.5 Å². The van der Waals surface area contributed by atoms with Crippen molar-refractivity contribution in [3.8, 4) is 16.9 Å². The Morgan fingerprint density at radius 1 is 1.00 bits per heavy atom. The quantitative estimate of drug-likeness (QED) is 0.497. The first-order chi connectivity index (χ1) is 15.3. The Morgan fingerprint density at radius 2 is 1.72 bits per heavy atom. The lowest BCUT2D eigenvalue weighted by Crippen LogP contribution is -2.18. The molecule has 0 unspecified atom stereocenters. The van der Waals surface area contributed by atoms with E-state index in [1.165, 1.54) is 30.5 Å². The van der Waals surface area contributed by atoms with Crippen molar-refractivity contribution in [2.45, 2.75) is 32.2 Å². The first-order valence-corrected chi connectivity index (χ1v) is 10.4. The molecule has 0 atom stereocenters. The van der Waals surface area contributed by atoms with Crippen LogP contribution in [0.15, 0.2) is 54.7 Å². The first-order valence-electron chi connectivity index (χ1n) is 10.4. The molecule has 2 aromatic carbocycles. The van der Waals surface area contributed by atoms with Crippen molar-refractivity contribution in [2.24, 2.45) is 0 Å². The second-order valence-corrected chi connectivity index (χ2v) is 7.85. The summed E-state index contributed by atoms with van der Waals surface area (Å²) in [4.78, 5) is 6.52. The van der Waals surface area contributed by atoms with Gasteiger partial charge in [0.25, 0.3) is 0 Å². The molecule has 168 valence electrons. The number of pyridine rings is 1. The fourth-order valence-electron chi connectivity index (χ4n) is 3.89. The highest BCUT2D eigenvalue weighted by Crippen LogP contribution is 2.35. The molecule has 1 aliphatic heterocycles.